The van der Waals surface area contributed by atoms with Gasteiger partial charge in [-0.3, -0.25) is 4.79 Å². The van der Waals surface area contributed by atoms with Crippen molar-refractivity contribution in [3.63, 3.8) is 0 Å². The van der Waals surface area contributed by atoms with Crippen molar-refractivity contribution in [2.45, 2.75) is 6.92 Å². The zero-order chi connectivity index (χ0) is 11.1. The molecule has 0 amide bonds. The van der Waals surface area contributed by atoms with Gasteiger partial charge < -0.3 is 0 Å². The lowest BCUT2D eigenvalue weighted by Gasteiger charge is -2.03. The number of rotatable bonds is 1. The largest absolute Gasteiger partial charge is 0.298 e. The molecular formula is C11H8N4O. The minimum absolute atomic E-state index is 0.656. The number of carbonyl (C=O) groups is 1. The van der Waals surface area contributed by atoms with Crippen molar-refractivity contribution >= 4 is 22.8 Å². The molecule has 16 heavy (non-hydrogen) atoms. The van der Waals surface area contributed by atoms with Crippen LogP contribution in [0.5, 0.6) is 0 Å². The summed E-state index contributed by atoms with van der Waals surface area (Å²) in [5.41, 5.74) is 3.33. The molecule has 0 unspecified atom stereocenters. The van der Waals surface area contributed by atoms with Crippen LogP contribution in [-0.2, 0) is 0 Å². The van der Waals surface area contributed by atoms with E-state index in [-0.39, 0.29) is 0 Å². The van der Waals surface area contributed by atoms with E-state index in [1.165, 1.54) is 0 Å². The molecule has 0 radical (unpaired) electrons. The first-order valence-corrected chi connectivity index (χ1v) is 4.86. The number of pyridine rings is 1. The fourth-order valence-electron chi connectivity index (χ4n) is 1.85. The maximum absolute atomic E-state index is 10.7. The zero-order valence-electron chi connectivity index (χ0n) is 8.58. The first-order valence-electron chi connectivity index (χ1n) is 4.86. The highest BCUT2D eigenvalue weighted by Crippen LogP contribution is 2.20. The van der Waals surface area contributed by atoms with Crippen molar-refractivity contribution in [2.24, 2.45) is 0 Å². The number of benzene rings is 1. The van der Waals surface area contributed by atoms with Gasteiger partial charge >= 0.3 is 0 Å². The summed E-state index contributed by atoms with van der Waals surface area (Å²) in [7, 11) is 0. The van der Waals surface area contributed by atoms with Crippen LogP contribution in [0.2, 0.25) is 0 Å². The van der Waals surface area contributed by atoms with Gasteiger partial charge in [-0.05, 0) is 47.2 Å². The lowest BCUT2D eigenvalue weighted by molar-refractivity contribution is 0.112. The monoisotopic (exact) mass is 212 g/mol. The Hall–Kier alpha value is -2.30. The Kier molecular flexibility index (Phi) is 1.73. The van der Waals surface area contributed by atoms with E-state index in [0.29, 0.717) is 11.2 Å². The number of nitrogens with zero attached hydrogens (tertiary/aromatic N) is 4. The highest BCUT2D eigenvalue weighted by atomic mass is 16.1. The predicted molar refractivity (Wildman–Crippen MR) is 58.4 cm³/mol. The van der Waals surface area contributed by atoms with Crippen molar-refractivity contribution < 1.29 is 4.79 Å². The van der Waals surface area contributed by atoms with Gasteiger partial charge in [-0.25, -0.2) is 0 Å². The van der Waals surface area contributed by atoms with Crippen LogP contribution < -0.4 is 0 Å². The van der Waals surface area contributed by atoms with Crippen LogP contribution in [-0.4, -0.2) is 26.3 Å². The molecule has 0 aliphatic heterocycles. The summed E-state index contributed by atoms with van der Waals surface area (Å²) < 4.78 is 1.66. The van der Waals surface area contributed by atoms with Gasteiger partial charge in [0.1, 0.15) is 6.29 Å². The second-order valence-corrected chi connectivity index (χ2v) is 3.67. The second-order valence-electron chi connectivity index (χ2n) is 3.67. The molecule has 0 atom stereocenters. The van der Waals surface area contributed by atoms with Crippen LogP contribution >= 0.6 is 0 Å². The number of tetrazole rings is 1. The Labute approximate surface area is 90.7 Å². The molecular weight excluding hydrogens is 204 g/mol. The number of aldehydes is 1. The third-order valence-electron chi connectivity index (χ3n) is 2.65. The molecule has 0 saturated heterocycles. The molecule has 0 aliphatic carbocycles. The molecule has 1 aromatic carbocycles. The average Bonchev–Trinajstić information content (AvgIpc) is 2.77. The Morgan fingerprint density at radius 2 is 2.19 bits per heavy atom. The van der Waals surface area contributed by atoms with Crippen LogP contribution in [0, 0.1) is 6.92 Å². The lowest BCUT2D eigenvalue weighted by Crippen LogP contribution is -1.94. The third kappa shape index (κ3) is 1.11. The topological polar surface area (TPSA) is 60.1 Å². The van der Waals surface area contributed by atoms with Crippen molar-refractivity contribution in [3.05, 3.63) is 35.4 Å². The minimum Gasteiger partial charge on any atom is -0.298 e. The van der Waals surface area contributed by atoms with E-state index in [0.717, 1.165) is 22.8 Å². The van der Waals surface area contributed by atoms with E-state index >= 15 is 0 Å². The van der Waals surface area contributed by atoms with Gasteiger partial charge in [-0.1, -0.05) is 0 Å². The molecule has 5 nitrogen and oxygen atoms in total. The van der Waals surface area contributed by atoms with E-state index in [1.54, 1.807) is 10.6 Å². The Morgan fingerprint density at radius 1 is 1.31 bits per heavy atom. The van der Waals surface area contributed by atoms with Gasteiger partial charge in [0.2, 0.25) is 0 Å². The maximum atomic E-state index is 10.7. The van der Waals surface area contributed by atoms with Gasteiger partial charge in [0.05, 0.1) is 5.52 Å². The summed E-state index contributed by atoms with van der Waals surface area (Å²) in [5.74, 6) is 0. The normalized spacial score (nSPS) is 11.1. The van der Waals surface area contributed by atoms with Gasteiger partial charge in [0.15, 0.2) is 5.65 Å². The SMILES string of the molecule is Cc1cc2nnnn2c2ccc(C=O)cc12. The molecule has 2 aromatic heterocycles. The molecule has 5 heteroatoms. The van der Waals surface area contributed by atoms with E-state index < -0.39 is 0 Å². The zero-order valence-corrected chi connectivity index (χ0v) is 8.58. The number of aryl methyl sites for hydroxylation is 1. The quantitative estimate of drug-likeness (QED) is 0.572. The fourth-order valence-corrected chi connectivity index (χ4v) is 1.85. The Morgan fingerprint density at radius 3 is 3.00 bits per heavy atom. The highest BCUT2D eigenvalue weighted by Gasteiger charge is 2.06. The smallest absolute Gasteiger partial charge is 0.180 e. The van der Waals surface area contributed by atoms with Gasteiger partial charge in [0.25, 0.3) is 0 Å². The average molecular weight is 212 g/mol. The first-order chi connectivity index (χ1) is 7.79. The molecule has 2 heterocycles. The number of aromatic nitrogens is 4. The van der Waals surface area contributed by atoms with Crippen LogP contribution in [0.1, 0.15) is 15.9 Å². The van der Waals surface area contributed by atoms with Crippen molar-refractivity contribution in [1.29, 1.82) is 0 Å². The van der Waals surface area contributed by atoms with Crippen LogP contribution in [0.3, 0.4) is 0 Å². The molecule has 0 saturated carbocycles. The minimum atomic E-state index is 0.656. The van der Waals surface area contributed by atoms with Crippen LogP contribution in [0.25, 0.3) is 16.6 Å². The van der Waals surface area contributed by atoms with Gasteiger partial charge in [-0.2, -0.15) is 4.52 Å². The van der Waals surface area contributed by atoms with E-state index in [1.807, 2.05) is 25.1 Å². The highest BCUT2D eigenvalue weighted by molar-refractivity contribution is 5.90. The molecule has 3 rings (SSSR count). The molecule has 0 bridgehead atoms. The number of fused-ring (bicyclic) bond motifs is 3. The summed E-state index contributed by atoms with van der Waals surface area (Å²) in [6.45, 7) is 1.98. The molecule has 78 valence electrons. The third-order valence-corrected chi connectivity index (χ3v) is 2.65. The molecule has 0 aliphatic rings. The van der Waals surface area contributed by atoms with Gasteiger partial charge in [0, 0.05) is 10.9 Å². The molecule has 3 aromatic rings. The summed E-state index contributed by atoms with van der Waals surface area (Å²) in [6, 6.07) is 7.36. The van der Waals surface area contributed by atoms with Crippen LogP contribution in [0.4, 0.5) is 0 Å². The Balaban J connectivity index is 2.54. The molecule has 0 N–H and O–H groups in total. The van der Waals surface area contributed by atoms with E-state index in [2.05, 4.69) is 15.5 Å². The number of hydrogen-bond donors (Lipinski definition) is 0. The summed E-state index contributed by atoms with van der Waals surface area (Å²) in [6.07, 6.45) is 0.836. The number of hydrogen-bond acceptors (Lipinski definition) is 4. The first kappa shape index (κ1) is 8.96. The second kappa shape index (κ2) is 3.10. The van der Waals surface area contributed by atoms with Crippen molar-refractivity contribution in [1.82, 2.24) is 20.0 Å². The Bertz CT molecular complexity index is 702. The predicted octanol–water partition coefficient (Wildman–Crippen LogP) is 1.40. The van der Waals surface area contributed by atoms with E-state index in [9.17, 15) is 4.79 Å². The fraction of sp³-hybridized carbons (Fsp3) is 0.0909. The summed E-state index contributed by atoms with van der Waals surface area (Å²) in [5, 5.41) is 12.4. The number of carbonyl (C=O) groups excluding carboxylic acids is 1. The summed E-state index contributed by atoms with van der Waals surface area (Å²) >= 11 is 0. The summed E-state index contributed by atoms with van der Waals surface area (Å²) in [4.78, 5) is 10.7. The van der Waals surface area contributed by atoms with E-state index in [4.69, 9.17) is 0 Å². The molecule has 0 fully saturated rings. The maximum Gasteiger partial charge on any atom is 0.180 e. The molecule has 0 spiro atoms. The standard InChI is InChI=1S/C11H8N4O/c1-7-4-11-12-13-14-15(11)10-3-2-8(6-16)5-9(7)10/h2-6H,1H3. The van der Waals surface area contributed by atoms with Crippen molar-refractivity contribution in [3.8, 4) is 0 Å². The van der Waals surface area contributed by atoms with Crippen molar-refractivity contribution in [2.75, 3.05) is 0 Å². The van der Waals surface area contributed by atoms with Crippen LogP contribution in [0.15, 0.2) is 24.3 Å². The van der Waals surface area contributed by atoms with Gasteiger partial charge in [-0.15, -0.1) is 5.10 Å². The lowest BCUT2D eigenvalue weighted by atomic mass is 10.1.